The van der Waals surface area contributed by atoms with Gasteiger partial charge in [0.1, 0.15) is 0 Å². The highest BCUT2D eigenvalue weighted by Crippen LogP contribution is 2.29. The zero-order chi connectivity index (χ0) is 13.1. The second-order valence-electron chi connectivity index (χ2n) is 4.96. The van der Waals surface area contributed by atoms with E-state index in [9.17, 15) is 0 Å². The molecule has 2 unspecified atom stereocenters. The lowest BCUT2D eigenvalue weighted by Gasteiger charge is -2.22. The zero-order valence-electron chi connectivity index (χ0n) is 11.6. The van der Waals surface area contributed by atoms with Crippen LogP contribution in [0.15, 0.2) is 29.3 Å². The van der Waals surface area contributed by atoms with Crippen LogP contribution in [0.4, 0.5) is 0 Å². The van der Waals surface area contributed by atoms with Gasteiger partial charge in [0.15, 0.2) is 5.96 Å². The highest BCUT2D eigenvalue weighted by molar-refractivity contribution is 14.0. The first kappa shape index (κ1) is 16.6. The molecule has 0 amide bonds. The van der Waals surface area contributed by atoms with Gasteiger partial charge in [-0.15, -0.1) is 24.0 Å². The Hall–Kier alpha value is -0.490. The van der Waals surface area contributed by atoms with Crippen molar-refractivity contribution in [3.63, 3.8) is 0 Å². The number of rotatable bonds is 3. The molecule has 3 nitrogen and oxygen atoms in total. The minimum atomic E-state index is 0. The summed E-state index contributed by atoms with van der Waals surface area (Å²) < 4.78 is 0. The molecule has 1 fully saturated rings. The van der Waals surface area contributed by atoms with Gasteiger partial charge in [-0.2, -0.15) is 0 Å². The SMILES string of the molecule is CN=C(NC1CC1C)N(C)Cc1ccccc1Cl.I. The molecule has 19 heavy (non-hydrogen) atoms. The molecule has 0 spiro atoms. The van der Waals surface area contributed by atoms with Crippen molar-refractivity contribution in [3.05, 3.63) is 34.9 Å². The molecule has 1 aromatic carbocycles. The van der Waals surface area contributed by atoms with E-state index in [4.69, 9.17) is 11.6 Å². The van der Waals surface area contributed by atoms with Gasteiger partial charge in [0.05, 0.1) is 0 Å². The minimum absolute atomic E-state index is 0. The Labute approximate surface area is 137 Å². The topological polar surface area (TPSA) is 27.6 Å². The fraction of sp³-hybridized carbons (Fsp3) is 0.500. The van der Waals surface area contributed by atoms with E-state index in [-0.39, 0.29) is 24.0 Å². The Morgan fingerprint density at radius 2 is 2.11 bits per heavy atom. The normalized spacial score (nSPS) is 21.6. The predicted octanol–water partition coefficient (Wildman–Crippen LogP) is 3.37. The average molecular weight is 394 g/mol. The van der Waals surface area contributed by atoms with E-state index >= 15 is 0 Å². The average Bonchev–Trinajstić information content (AvgIpc) is 3.05. The molecule has 1 N–H and O–H groups in total. The van der Waals surface area contributed by atoms with Gasteiger partial charge in [0, 0.05) is 31.7 Å². The molecule has 1 aliphatic carbocycles. The van der Waals surface area contributed by atoms with Crippen LogP contribution in [0, 0.1) is 5.92 Å². The third-order valence-corrected chi connectivity index (χ3v) is 3.73. The van der Waals surface area contributed by atoms with Gasteiger partial charge in [-0.1, -0.05) is 36.7 Å². The highest BCUT2D eigenvalue weighted by atomic mass is 127. The number of halogens is 2. The van der Waals surface area contributed by atoms with Gasteiger partial charge in [-0.05, 0) is 24.0 Å². The molecule has 2 atom stereocenters. The standard InChI is InChI=1S/C14H20ClN3.HI/c1-10-8-13(10)17-14(16-2)18(3)9-11-6-4-5-7-12(11)15;/h4-7,10,13H,8-9H2,1-3H3,(H,16,17);1H. The Morgan fingerprint density at radius 1 is 1.47 bits per heavy atom. The van der Waals surface area contributed by atoms with Gasteiger partial charge in [0.2, 0.25) is 0 Å². The third kappa shape index (κ3) is 4.53. The fourth-order valence-electron chi connectivity index (χ4n) is 1.99. The molecule has 0 bridgehead atoms. The van der Waals surface area contributed by atoms with E-state index in [2.05, 4.69) is 22.1 Å². The molecule has 0 heterocycles. The van der Waals surface area contributed by atoms with Crippen LogP contribution in [-0.4, -0.2) is 31.0 Å². The van der Waals surface area contributed by atoms with Crippen molar-refractivity contribution in [2.75, 3.05) is 14.1 Å². The molecular formula is C14H21ClIN3. The third-order valence-electron chi connectivity index (χ3n) is 3.36. The zero-order valence-corrected chi connectivity index (χ0v) is 14.6. The second kappa shape index (κ2) is 7.33. The van der Waals surface area contributed by atoms with Crippen molar-refractivity contribution < 1.29 is 0 Å². The molecule has 1 saturated carbocycles. The summed E-state index contributed by atoms with van der Waals surface area (Å²) in [6.07, 6.45) is 1.24. The smallest absolute Gasteiger partial charge is 0.193 e. The molecule has 5 heteroatoms. The molecule has 0 saturated heterocycles. The summed E-state index contributed by atoms with van der Waals surface area (Å²) in [5.74, 6) is 1.69. The van der Waals surface area contributed by atoms with Crippen molar-refractivity contribution >= 4 is 41.5 Å². The summed E-state index contributed by atoms with van der Waals surface area (Å²) in [4.78, 5) is 6.42. The van der Waals surface area contributed by atoms with Crippen LogP contribution in [0.5, 0.6) is 0 Å². The molecule has 1 aliphatic rings. The van der Waals surface area contributed by atoms with E-state index in [0.717, 1.165) is 29.0 Å². The maximum absolute atomic E-state index is 6.17. The lowest BCUT2D eigenvalue weighted by Crippen LogP contribution is -2.40. The summed E-state index contributed by atoms with van der Waals surface area (Å²) in [7, 11) is 3.85. The van der Waals surface area contributed by atoms with Gasteiger partial charge >= 0.3 is 0 Å². The number of benzene rings is 1. The monoisotopic (exact) mass is 393 g/mol. The first-order valence-electron chi connectivity index (χ1n) is 6.29. The van der Waals surface area contributed by atoms with Crippen molar-refractivity contribution in [1.29, 1.82) is 0 Å². The highest BCUT2D eigenvalue weighted by Gasteiger charge is 2.33. The number of hydrogen-bond acceptors (Lipinski definition) is 1. The van der Waals surface area contributed by atoms with E-state index in [0.29, 0.717) is 6.04 Å². The van der Waals surface area contributed by atoms with Crippen LogP contribution >= 0.6 is 35.6 Å². The van der Waals surface area contributed by atoms with Crippen LogP contribution in [0.25, 0.3) is 0 Å². The number of hydrogen-bond donors (Lipinski definition) is 1. The predicted molar refractivity (Wildman–Crippen MR) is 92.4 cm³/mol. The molecule has 106 valence electrons. The Balaban J connectivity index is 0.00000180. The van der Waals surface area contributed by atoms with Gasteiger partial charge < -0.3 is 10.2 Å². The van der Waals surface area contributed by atoms with E-state index in [1.807, 2.05) is 38.4 Å². The quantitative estimate of drug-likeness (QED) is 0.484. The first-order valence-corrected chi connectivity index (χ1v) is 6.67. The second-order valence-corrected chi connectivity index (χ2v) is 5.37. The van der Waals surface area contributed by atoms with Crippen LogP contribution in [0.1, 0.15) is 18.9 Å². The van der Waals surface area contributed by atoms with E-state index < -0.39 is 0 Å². The van der Waals surface area contributed by atoms with Gasteiger partial charge in [-0.3, -0.25) is 4.99 Å². The summed E-state index contributed by atoms with van der Waals surface area (Å²) in [6, 6.07) is 8.51. The Kier molecular flexibility index (Phi) is 6.39. The summed E-state index contributed by atoms with van der Waals surface area (Å²) in [6.45, 7) is 3.01. The van der Waals surface area contributed by atoms with Gasteiger partial charge in [-0.25, -0.2) is 0 Å². The summed E-state index contributed by atoms with van der Waals surface area (Å²) in [5, 5.41) is 4.27. The molecule has 0 radical (unpaired) electrons. The van der Waals surface area contributed by atoms with Crippen molar-refractivity contribution in [2.45, 2.75) is 25.9 Å². The molecular weight excluding hydrogens is 373 g/mol. The lowest BCUT2D eigenvalue weighted by molar-refractivity contribution is 0.474. The van der Waals surface area contributed by atoms with E-state index in [1.54, 1.807) is 0 Å². The van der Waals surface area contributed by atoms with Crippen LogP contribution < -0.4 is 5.32 Å². The van der Waals surface area contributed by atoms with E-state index in [1.165, 1.54) is 6.42 Å². The Morgan fingerprint density at radius 3 is 2.63 bits per heavy atom. The number of nitrogens with one attached hydrogen (secondary N) is 1. The first-order chi connectivity index (χ1) is 8.61. The lowest BCUT2D eigenvalue weighted by atomic mass is 10.2. The Bertz CT molecular complexity index is 450. The molecule has 1 aromatic rings. The summed E-state index contributed by atoms with van der Waals surface area (Å²) in [5.41, 5.74) is 1.12. The maximum Gasteiger partial charge on any atom is 0.193 e. The van der Waals surface area contributed by atoms with Gasteiger partial charge in [0.25, 0.3) is 0 Å². The van der Waals surface area contributed by atoms with Crippen LogP contribution in [0.2, 0.25) is 5.02 Å². The number of guanidine groups is 1. The van der Waals surface area contributed by atoms with Crippen LogP contribution in [0.3, 0.4) is 0 Å². The van der Waals surface area contributed by atoms with Crippen LogP contribution in [-0.2, 0) is 6.54 Å². The van der Waals surface area contributed by atoms with Crippen molar-refractivity contribution in [1.82, 2.24) is 10.2 Å². The minimum Gasteiger partial charge on any atom is -0.353 e. The number of aliphatic imine (C=N–C) groups is 1. The molecule has 0 aliphatic heterocycles. The molecule has 0 aromatic heterocycles. The van der Waals surface area contributed by atoms with Crippen molar-refractivity contribution in [3.8, 4) is 0 Å². The largest absolute Gasteiger partial charge is 0.353 e. The van der Waals surface area contributed by atoms with Crippen molar-refractivity contribution in [2.24, 2.45) is 10.9 Å². The number of nitrogens with zero attached hydrogens (tertiary/aromatic N) is 2. The fourth-order valence-corrected chi connectivity index (χ4v) is 2.19. The summed E-state index contributed by atoms with van der Waals surface area (Å²) >= 11 is 6.17. The maximum atomic E-state index is 6.17. The molecule has 2 rings (SSSR count).